The summed E-state index contributed by atoms with van der Waals surface area (Å²) >= 11 is 0. The molecule has 24 heavy (non-hydrogen) atoms. The lowest BCUT2D eigenvalue weighted by Crippen LogP contribution is -2.70. The van der Waals surface area contributed by atoms with Crippen LogP contribution in [0.4, 0.5) is 4.79 Å². The van der Waals surface area contributed by atoms with E-state index in [1.54, 1.807) is 11.9 Å². The van der Waals surface area contributed by atoms with Crippen LogP contribution in [-0.4, -0.2) is 54.0 Å². The Bertz CT molecular complexity index is 797. The lowest BCUT2D eigenvalue weighted by atomic mass is 9.88. The van der Waals surface area contributed by atoms with Crippen molar-refractivity contribution in [3.05, 3.63) is 60.2 Å². The largest absolute Gasteiger partial charge is 0.335 e. The molecule has 5 nitrogen and oxygen atoms in total. The third kappa shape index (κ3) is 2.16. The molecule has 0 aliphatic carbocycles. The second-order valence-corrected chi connectivity index (χ2v) is 6.51. The van der Waals surface area contributed by atoms with Crippen molar-refractivity contribution in [1.82, 2.24) is 15.1 Å². The minimum absolute atomic E-state index is 0.0211. The highest BCUT2D eigenvalue weighted by Crippen LogP contribution is 2.33. The molecule has 0 bridgehead atoms. The Morgan fingerprint density at radius 2 is 1.71 bits per heavy atom. The molecule has 0 unspecified atom stereocenters. The van der Waals surface area contributed by atoms with Crippen LogP contribution in [0.2, 0.25) is 0 Å². The van der Waals surface area contributed by atoms with E-state index < -0.39 is 0 Å². The highest BCUT2D eigenvalue weighted by molar-refractivity contribution is 6.01. The van der Waals surface area contributed by atoms with E-state index in [1.807, 2.05) is 59.5 Å². The first-order chi connectivity index (χ1) is 11.6. The molecule has 2 fully saturated rings. The Morgan fingerprint density at radius 1 is 1.04 bits per heavy atom. The van der Waals surface area contributed by atoms with Crippen LogP contribution in [0.15, 0.2) is 54.6 Å². The molecule has 2 aromatic rings. The van der Waals surface area contributed by atoms with Gasteiger partial charge in [0, 0.05) is 32.2 Å². The van der Waals surface area contributed by atoms with Gasteiger partial charge in [0.2, 0.25) is 0 Å². The second kappa shape index (κ2) is 5.37. The number of likely N-dealkylation sites (N-methyl/N-ethyl adjacent to an activating group) is 1. The molecule has 2 aliphatic heterocycles. The molecule has 2 saturated heterocycles. The molecule has 3 amide bonds. The minimum Gasteiger partial charge on any atom is -0.335 e. The summed E-state index contributed by atoms with van der Waals surface area (Å²) in [6.45, 7) is 1.75. The second-order valence-electron chi connectivity index (χ2n) is 6.51. The summed E-state index contributed by atoms with van der Waals surface area (Å²) in [6, 6.07) is 17.6. The molecular weight excluding hydrogens is 302 g/mol. The van der Waals surface area contributed by atoms with E-state index in [4.69, 9.17) is 0 Å². The van der Waals surface area contributed by atoms with Crippen LogP contribution in [0.25, 0.3) is 11.1 Å². The summed E-state index contributed by atoms with van der Waals surface area (Å²) in [5.74, 6) is 0.0211. The molecule has 1 spiro atoms. The van der Waals surface area contributed by atoms with Crippen molar-refractivity contribution in [1.29, 1.82) is 0 Å². The van der Waals surface area contributed by atoms with E-state index >= 15 is 0 Å². The van der Waals surface area contributed by atoms with Crippen LogP contribution in [0, 0.1) is 0 Å². The van der Waals surface area contributed by atoms with Gasteiger partial charge < -0.3 is 15.1 Å². The van der Waals surface area contributed by atoms with Gasteiger partial charge in [-0.2, -0.15) is 0 Å². The summed E-state index contributed by atoms with van der Waals surface area (Å²) in [5, 5.41) is 2.85. The fraction of sp³-hybridized carbons (Fsp3) is 0.263. The average Bonchev–Trinajstić information content (AvgIpc) is 2.89. The number of nitrogens with zero attached hydrogens (tertiary/aromatic N) is 2. The molecule has 4 rings (SSSR count). The molecule has 0 saturated carbocycles. The fourth-order valence-electron chi connectivity index (χ4n) is 3.53. The summed E-state index contributed by atoms with van der Waals surface area (Å²) in [7, 11) is 1.79. The molecule has 0 atom stereocenters. The van der Waals surface area contributed by atoms with Crippen LogP contribution in [0.1, 0.15) is 10.4 Å². The van der Waals surface area contributed by atoms with E-state index in [1.165, 1.54) is 0 Å². The highest BCUT2D eigenvalue weighted by atomic mass is 16.2. The van der Waals surface area contributed by atoms with Crippen molar-refractivity contribution in [3.63, 3.8) is 0 Å². The van der Waals surface area contributed by atoms with Gasteiger partial charge >= 0.3 is 6.03 Å². The predicted octanol–water partition coefficient (Wildman–Crippen LogP) is 2.20. The summed E-state index contributed by atoms with van der Waals surface area (Å²) in [6.07, 6.45) is 0. The highest BCUT2D eigenvalue weighted by Gasteiger charge is 2.53. The number of hydrogen-bond acceptors (Lipinski definition) is 2. The summed E-state index contributed by atoms with van der Waals surface area (Å²) in [5.41, 5.74) is 2.44. The smallest absolute Gasteiger partial charge is 0.317 e. The van der Waals surface area contributed by atoms with Gasteiger partial charge in [0.15, 0.2) is 0 Å². The Kier molecular flexibility index (Phi) is 3.30. The molecule has 5 heteroatoms. The minimum atomic E-state index is -0.242. The molecule has 1 N–H and O–H groups in total. The van der Waals surface area contributed by atoms with Gasteiger partial charge in [-0.15, -0.1) is 0 Å². The van der Waals surface area contributed by atoms with Crippen LogP contribution in [0.3, 0.4) is 0 Å². The van der Waals surface area contributed by atoms with Gasteiger partial charge in [0.25, 0.3) is 5.91 Å². The molecule has 2 aromatic carbocycles. The maximum Gasteiger partial charge on any atom is 0.317 e. The van der Waals surface area contributed by atoms with Crippen molar-refractivity contribution in [2.24, 2.45) is 0 Å². The number of urea groups is 1. The number of benzene rings is 2. The van der Waals surface area contributed by atoms with E-state index in [0.29, 0.717) is 25.2 Å². The standard InChI is InChI=1S/C19H19N3O2/c1-21-18(24)20-11-19(21)12-22(13-19)17(23)16-10-6-5-9-15(16)14-7-3-2-4-8-14/h2-10H,11-13H2,1H3,(H,20,24). The Labute approximate surface area is 140 Å². The van der Waals surface area contributed by atoms with Crippen molar-refractivity contribution >= 4 is 11.9 Å². The number of nitrogens with one attached hydrogen (secondary N) is 1. The average molecular weight is 321 g/mol. The Morgan fingerprint density at radius 3 is 2.38 bits per heavy atom. The molecular formula is C19H19N3O2. The van der Waals surface area contributed by atoms with Gasteiger partial charge in [-0.05, 0) is 17.2 Å². The number of likely N-dealkylation sites (tertiary alicyclic amines) is 1. The van der Waals surface area contributed by atoms with E-state index in [0.717, 1.165) is 11.1 Å². The normalized spacial score (nSPS) is 18.5. The lowest BCUT2D eigenvalue weighted by molar-refractivity contribution is 0.00783. The lowest BCUT2D eigenvalue weighted by Gasteiger charge is -2.50. The quantitative estimate of drug-likeness (QED) is 0.922. The third-order valence-electron chi connectivity index (χ3n) is 5.08. The van der Waals surface area contributed by atoms with Crippen molar-refractivity contribution in [2.45, 2.75) is 5.54 Å². The van der Waals surface area contributed by atoms with Gasteiger partial charge in [-0.3, -0.25) is 4.79 Å². The Hall–Kier alpha value is -2.82. The third-order valence-corrected chi connectivity index (χ3v) is 5.08. The first-order valence-corrected chi connectivity index (χ1v) is 8.06. The fourth-order valence-corrected chi connectivity index (χ4v) is 3.53. The molecule has 2 heterocycles. The van der Waals surface area contributed by atoms with Crippen LogP contribution >= 0.6 is 0 Å². The van der Waals surface area contributed by atoms with E-state index in [9.17, 15) is 9.59 Å². The van der Waals surface area contributed by atoms with Gasteiger partial charge in [-0.25, -0.2) is 4.79 Å². The summed E-state index contributed by atoms with van der Waals surface area (Å²) in [4.78, 5) is 28.2. The molecule has 0 radical (unpaired) electrons. The SMILES string of the molecule is CN1C(=O)NCC12CN(C(=O)c1ccccc1-c1ccccc1)C2. The van der Waals surface area contributed by atoms with Gasteiger partial charge in [0.1, 0.15) is 0 Å². The maximum absolute atomic E-state index is 13.0. The topological polar surface area (TPSA) is 52.7 Å². The number of carbonyl (C=O) groups excluding carboxylic acids is 2. The number of hydrogen-bond donors (Lipinski definition) is 1. The molecule has 122 valence electrons. The van der Waals surface area contributed by atoms with Gasteiger partial charge in [0.05, 0.1) is 5.54 Å². The van der Waals surface area contributed by atoms with Crippen molar-refractivity contribution < 1.29 is 9.59 Å². The van der Waals surface area contributed by atoms with Crippen LogP contribution < -0.4 is 5.32 Å². The van der Waals surface area contributed by atoms with E-state index in [-0.39, 0.29) is 17.5 Å². The Balaban J connectivity index is 1.58. The predicted molar refractivity (Wildman–Crippen MR) is 91.7 cm³/mol. The zero-order chi connectivity index (χ0) is 16.7. The number of rotatable bonds is 2. The zero-order valence-corrected chi connectivity index (χ0v) is 13.5. The van der Waals surface area contributed by atoms with Crippen molar-refractivity contribution in [3.8, 4) is 11.1 Å². The molecule has 0 aromatic heterocycles. The van der Waals surface area contributed by atoms with Crippen LogP contribution in [-0.2, 0) is 0 Å². The zero-order valence-electron chi connectivity index (χ0n) is 13.5. The van der Waals surface area contributed by atoms with Crippen LogP contribution in [0.5, 0.6) is 0 Å². The monoisotopic (exact) mass is 321 g/mol. The van der Waals surface area contributed by atoms with E-state index in [2.05, 4.69) is 5.32 Å². The first kappa shape index (κ1) is 14.8. The summed E-state index contributed by atoms with van der Waals surface area (Å²) < 4.78 is 0. The number of carbonyl (C=O) groups is 2. The van der Waals surface area contributed by atoms with Gasteiger partial charge in [-0.1, -0.05) is 48.5 Å². The maximum atomic E-state index is 13.0. The number of amides is 3. The van der Waals surface area contributed by atoms with Crippen molar-refractivity contribution in [2.75, 3.05) is 26.7 Å². The first-order valence-electron chi connectivity index (χ1n) is 8.06. The molecule has 2 aliphatic rings.